The van der Waals surface area contributed by atoms with Crippen LogP contribution in [0.4, 0.5) is 0 Å². The van der Waals surface area contributed by atoms with E-state index in [1.54, 1.807) is 31.1 Å². The van der Waals surface area contributed by atoms with Gasteiger partial charge in [-0.1, -0.05) is 0 Å². The van der Waals surface area contributed by atoms with E-state index in [9.17, 15) is 0 Å². The standard InChI is InChI=1S/C8H8N2O2/c1-3-11-7(5-9-1)8-6-10-2-4-12-8/h1-3,5-6,9H,4H2. The third-order valence-electron chi connectivity index (χ3n) is 1.43. The number of hydrogen-bond acceptors (Lipinski definition) is 4. The summed E-state index contributed by atoms with van der Waals surface area (Å²) >= 11 is 0. The molecule has 0 aromatic heterocycles. The van der Waals surface area contributed by atoms with Crippen molar-refractivity contribution in [1.82, 2.24) is 5.32 Å². The summed E-state index contributed by atoms with van der Waals surface area (Å²) in [6.07, 6.45) is 8.27. The smallest absolute Gasteiger partial charge is 0.185 e. The molecule has 0 amide bonds. The largest absolute Gasteiger partial charge is 0.482 e. The molecule has 4 nitrogen and oxygen atoms in total. The van der Waals surface area contributed by atoms with Crippen molar-refractivity contribution in [2.24, 2.45) is 4.99 Å². The lowest BCUT2D eigenvalue weighted by atomic mass is 10.4. The van der Waals surface area contributed by atoms with Gasteiger partial charge >= 0.3 is 0 Å². The first-order valence-corrected chi connectivity index (χ1v) is 3.60. The van der Waals surface area contributed by atoms with Crippen LogP contribution >= 0.6 is 0 Å². The number of nitrogens with zero attached hydrogens (tertiary/aromatic N) is 1. The highest BCUT2D eigenvalue weighted by atomic mass is 16.5. The van der Waals surface area contributed by atoms with E-state index in [4.69, 9.17) is 9.47 Å². The third kappa shape index (κ3) is 1.32. The summed E-state index contributed by atoms with van der Waals surface area (Å²) in [4.78, 5) is 3.95. The normalized spacial score (nSPS) is 20.0. The fraction of sp³-hybridized carbons (Fsp3) is 0.125. The summed E-state index contributed by atoms with van der Waals surface area (Å²) in [6, 6.07) is 0. The molecular weight excluding hydrogens is 156 g/mol. The van der Waals surface area contributed by atoms with E-state index in [1.807, 2.05) is 0 Å². The molecule has 2 heterocycles. The van der Waals surface area contributed by atoms with Gasteiger partial charge in [0.25, 0.3) is 0 Å². The Morgan fingerprint density at radius 2 is 2.42 bits per heavy atom. The Kier molecular flexibility index (Phi) is 1.82. The highest BCUT2D eigenvalue weighted by Gasteiger charge is 2.10. The maximum absolute atomic E-state index is 5.26. The van der Waals surface area contributed by atoms with E-state index in [2.05, 4.69) is 10.3 Å². The Labute approximate surface area is 69.9 Å². The van der Waals surface area contributed by atoms with Gasteiger partial charge in [0.15, 0.2) is 11.5 Å². The zero-order valence-corrected chi connectivity index (χ0v) is 6.36. The van der Waals surface area contributed by atoms with Gasteiger partial charge in [0, 0.05) is 18.6 Å². The molecule has 4 heteroatoms. The van der Waals surface area contributed by atoms with Crippen LogP contribution < -0.4 is 5.32 Å². The van der Waals surface area contributed by atoms with Crippen LogP contribution in [0.15, 0.2) is 41.4 Å². The Morgan fingerprint density at radius 1 is 1.42 bits per heavy atom. The van der Waals surface area contributed by atoms with Crippen LogP contribution in [-0.2, 0) is 9.47 Å². The molecule has 0 saturated heterocycles. The molecule has 2 rings (SSSR count). The van der Waals surface area contributed by atoms with Crippen LogP contribution in [0, 0.1) is 0 Å². The average molecular weight is 164 g/mol. The number of hydrogen-bond donors (Lipinski definition) is 1. The molecule has 0 atom stereocenters. The van der Waals surface area contributed by atoms with Gasteiger partial charge in [-0.3, -0.25) is 4.99 Å². The lowest BCUT2D eigenvalue weighted by Crippen LogP contribution is -2.09. The first-order chi connectivity index (χ1) is 5.97. The minimum atomic E-state index is 0.496. The predicted octanol–water partition coefficient (Wildman–Crippen LogP) is 0.861. The minimum Gasteiger partial charge on any atom is -0.482 e. The molecule has 0 unspecified atom stereocenters. The fourth-order valence-corrected chi connectivity index (χ4v) is 0.896. The molecular formula is C8H8N2O2. The summed E-state index contributed by atoms with van der Waals surface area (Å²) in [5, 5.41) is 2.89. The first-order valence-electron chi connectivity index (χ1n) is 3.60. The second-order valence-corrected chi connectivity index (χ2v) is 2.23. The molecule has 0 aliphatic carbocycles. The van der Waals surface area contributed by atoms with E-state index in [1.165, 1.54) is 0 Å². The van der Waals surface area contributed by atoms with Crippen molar-refractivity contribution in [3.8, 4) is 0 Å². The van der Waals surface area contributed by atoms with Gasteiger partial charge in [-0.25, -0.2) is 0 Å². The van der Waals surface area contributed by atoms with E-state index in [0.29, 0.717) is 18.1 Å². The van der Waals surface area contributed by atoms with Gasteiger partial charge < -0.3 is 14.8 Å². The molecule has 0 aromatic rings. The van der Waals surface area contributed by atoms with Crippen molar-refractivity contribution >= 4 is 6.21 Å². The Bertz CT molecular complexity index is 289. The van der Waals surface area contributed by atoms with Gasteiger partial charge in [0.05, 0.1) is 6.20 Å². The summed E-state index contributed by atoms with van der Waals surface area (Å²) < 4.78 is 10.4. The number of aliphatic imine (C=N–C) groups is 1. The molecule has 2 aliphatic rings. The van der Waals surface area contributed by atoms with Crippen LogP contribution in [0.5, 0.6) is 0 Å². The van der Waals surface area contributed by atoms with Crippen LogP contribution in [0.2, 0.25) is 0 Å². The van der Waals surface area contributed by atoms with Crippen molar-refractivity contribution in [1.29, 1.82) is 0 Å². The second kappa shape index (κ2) is 3.13. The van der Waals surface area contributed by atoms with Gasteiger partial charge in [-0.15, -0.1) is 0 Å². The second-order valence-electron chi connectivity index (χ2n) is 2.23. The molecule has 0 aromatic carbocycles. The highest BCUT2D eigenvalue weighted by molar-refractivity contribution is 5.61. The SMILES string of the molecule is C1=COC(C2=CN=CCO2)=CN1. The average Bonchev–Trinajstić information content (AvgIpc) is 2.21. The Hall–Kier alpha value is -1.71. The zero-order valence-electron chi connectivity index (χ0n) is 6.36. The van der Waals surface area contributed by atoms with E-state index in [-0.39, 0.29) is 0 Å². The summed E-state index contributed by atoms with van der Waals surface area (Å²) in [5.41, 5.74) is 0. The van der Waals surface area contributed by atoms with E-state index >= 15 is 0 Å². The summed E-state index contributed by atoms with van der Waals surface area (Å²) in [7, 11) is 0. The highest BCUT2D eigenvalue weighted by Crippen LogP contribution is 2.16. The molecule has 0 saturated carbocycles. The first kappa shape index (κ1) is 6.97. The molecule has 2 aliphatic heterocycles. The van der Waals surface area contributed by atoms with Gasteiger partial charge in [0.2, 0.25) is 0 Å². The van der Waals surface area contributed by atoms with Crippen LogP contribution in [0.3, 0.4) is 0 Å². The van der Waals surface area contributed by atoms with Gasteiger partial charge in [-0.05, 0) is 0 Å². The molecule has 0 bridgehead atoms. The lowest BCUT2D eigenvalue weighted by Gasteiger charge is -2.14. The monoisotopic (exact) mass is 164 g/mol. The molecule has 12 heavy (non-hydrogen) atoms. The fourth-order valence-electron chi connectivity index (χ4n) is 0.896. The van der Waals surface area contributed by atoms with Crippen molar-refractivity contribution in [3.05, 3.63) is 36.4 Å². The van der Waals surface area contributed by atoms with Crippen molar-refractivity contribution in [2.45, 2.75) is 0 Å². The minimum absolute atomic E-state index is 0.496. The van der Waals surface area contributed by atoms with Crippen LogP contribution in [-0.4, -0.2) is 12.8 Å². The van der Waals surface area contributed by atoms with Crippen molar-refractivity contribution in [3.63, 3.8) is 0 Å². The number of rotatable bonds is 1. The zero-order chi connectivity index (χ0) is 8.23. The summed E-state index contributed by atoms with van der Waals surface area (Å²) in [5.74, 6) is 1.30. The van der Waals surface area contributed by atoms with Crippen LogP contribution in [0.1, 0.15) is 0 Å². The molecule has 1 N–H and O–H groups in total. The number of ether oxygens (including phenoxy) is 2. The van der Waals surface area contributed by atoms with Crippen molar-refractivity contribution in [2.75, 3.05) is 6.61 Å². The molecule has 62 valence electrons. The predicted molar refractivity (Wildman–Crippen MR) is 44.0 cm³/mol. The topological polar surface area (TPSA) is 42.9 Å². The van der Waals surface area contributed by atoms with E-state index in [0.717, 1.165) is 0 Å². The maximum Gasteiger partial charge on any atom is 0.185 e. The molecule has 0 spiro atoms. The van der Waals surface area contributed by atoms with Gasteiger partial charge in [0.1, 0.15) is 12.9 Å². The Balaban J connectivity index is 2.13. The molecule has 0 radical (unpaired) electrons. The third-order valence-corrected chi connectivity index (χ3v) is 1.43. The maximum atomic E-state index is 5.26. The summed E-state index contributed by atoms with van der Waals surface area (Å²) in [6.45, 7) is 0.496. The Morgan fingerprint density at radius 3 is 3.08 bits per heavy atom. The lowest BCUT2D eigenvalue weighted by molar-refractivity contribution is 0.216. The van der Waals surface area contributed by atoms with Crippen LogP contribution in [0.25, 0.3) is 0 Å². The number of nitrogens with one attached hydrogen (secondary N) is 1. The molecule has 0 fully saturated rings. The van der Waals surface area contributed by atoms with Gasteiger partial charge in [-0.2, -0.15) is 0 Å². The van der Waals surface area contributed by atoms with Crippen molar-refractivity contribution < 1.29 is 9.47 Å². The van der Waals surface area contributed by atoms with E-state index < -0.39 is 0 Å². The quantitative estimate of drug-likeness (QED) is 0.625.